The SMILES string of the molecule is C=C(/C=C/c1ccccc1F)NCc1cccc(-c2cc(CN(C)C)on2)c1. The highest BCUT2D eigenvalue weighted by molar-refractivity contribution is 5.60. The van der Waals surface area contributed by atoms with Gasteiger partial charge in [0.25, 0.3) is 0 Å². The third kappa shape index (κ3) is 5.41. The van der Waals surface area contributed by atoms with Crippen LogP contribution in [-0.4, -0.2) is 24.2 Å². The maximum absolute atomic E-state index is 13.7. The van der Waals surface area contributed by atoms with E-state index in [2.05, 4.69) is 23.1 Å². The Balaban J connectivity index is 1.61. The number of hydrogen-bond donors (Lipinski definition) is 1. The number of rotatable bonds is 8. The fraction of sp³-hybridized carbons (Fsp3) is 0.174. The van der Waals surface area contributed by atoms with E-state index in [9.17, 15) is 4.39 Å². The third-order valence-electron chi connectivity index (χ3n) is 4.14. The first-order chi connectivity index (χ1) is 13.5. The number of allylic oxidation sites excluding steroid dienone is 1. The summed E-state index contributed by atoms with van der Waals surface area (Å²) < 4.78 is 19.0. The predicted octanol–water partition coefficient (Wildman–Crippen LogP) is 4.86. The van der Waals surface area contributed by atoms with E-state index in [1.165, 1.54) is 6.07 Å². The summed E-state index contributed by atoms with van der Waals surface area (Å²) in [6, 6.07) is 16.7. The van der Waals surface area contributed by atoms with Gasteiger partial charge in [-0.15, -0.1) is 0 Å². The standard InChI is InChI=1S/C23H24FN3O/c1-17(11-12-19-8-4-5-10-22(19)24)25-15-18-7-6-9-20(13-18)23-14-21(28-26-23)16-27(2)3/h4-14,25H,1,15-16H2,2-3H3/b12-11+. The second-order valence-corrected chi connectivity index (χ2v) is 6.85. The minimum Gasteiger partial charge on any atom is -0.381 e. The average Bonchev–Trinajstić information content (AvgIpc) is 3.14. The quantitative estimate of drug-likeness (QED) is 0.569. The van der Waals surface area contributed by atoms with Gasteiger partial charge in [0.15, 0.2) is 5.76 Å². The molecular weight excluding hydrogens is 353 g/mol. The summed E-state index contributed by atoms with van der Waals surface area (Å²) in [6.45, 7) is 5.29. The summed E-state index contributed by atoms with van der Waals surface area (Å²) in [5, 5.41) is 7.41. The zero-order valence-corrected chi connectivity index (χ0v) is 16.2. The van der Waals surface area contributed by atoms with Crippen molar-refractivity contribution in [2.75, 3.05) is 14.1 Å². The number of halogens is 1. The molecule has 0 fully saturated rings. The van der Waals surface area contributed by atoms with Crippen molar-refractivity contribution in [2.45, 2.75) is 13.1 Å². The van der Waals surface area contributed by atoms with Gasteiger partial charge in [-0.05, 0) is 37.9 Å². The molecule has 2 aromatic carbocycles. The van der Waals surface area contributed by atoms with Crippen LogP contribution in [0.5, 0.6) is 0 Å². The van der Waals surface area contributed by atoms with Crippen molar-refractivity contribution in [2.24, 2.45) is 0 Å². The summed E-state index contributed by atoms with van der Waals surface area (Å²) in [5.74, 6) is 0.579. The van der Waals surface area contributed by atoms with Crippen molar-refractivity contribution in [1.29, 1.82) is 0 Å². The van der Waals surface area contributed by atoms with Crippen LogP contribution in [-0.2, 0) is 13.1 Å². The molecule has 0 unspecified atom stereocenters. The van der Waals surface area contributed by atoms with Gasteiger partial charge in [0.2, 0.25) is 0 Å². The van der Waals surface area contributed by atoms with Crippen LogP contribution in [0, 0.1) is 5.82 Å². The Hall–Kier alpha value is -3.18. The van der Waals surface area contributed by atoms with Gasteiger partial charge in [-0.25, -0.2) is 4.39 Å². The van der Waals surface area contributed by atoms with Crippen molar-refractivity contribution in [1.82, 2.24) is 15.4 Å². The molecule has 3 rings (SSSR count). The molecular formula is C23H24FN3O. The molecule has 4 nitrogen and oxygen atoms in total. The first kappa shape index (κ1) is 19.6. The molecule has 0 amide bonds. The molecule has 0 aliphatic heterocycles. The average molecular weight is 377 g/mol. The van der Waals surface area contributed by atoms with E-state index < -0.39 is 0 Å². The Kier molecular flexibility index (Phi) is 6.40. The number of nitrogens with zero attached hydrogens (tertiary/aromatic N) is 2. The summed E-state index contributed by atoms with van der Waals surface area (Å²) >= 11 is 0. The van der Waals surface area contributed by atoms with Crippen molar-refractivity contribution in [3.63, 3.8) is 0 Å². The zero-order chi connectivity index (χ0) is 19.9. The number of benzene rings is 2. The maximum atomic E-state index is 13.7. The molecule has 1 heterocycles. The number of aromatic nitrogens is 1. The van der Waals surface area contributed by atoms with Crippen LogP contribution in [0.25, 0.3) is 17.3 Å². The molecule has 1 N–H and O–H groups in total. The molecule has 0 aliphatic rings. The molecule has 144 valence electrons. The van der Waals surface area contributed by atoms with E-state index in [1.807, 2.05) is 43.3 Å². The van der Waals surface area contributed by atoms with Crippen molar-refractivity contribution in [3.05, 3.63) is 95.7 Å². The first-order valence-corrected chi connectivity index (χ1v) is 9.06. The Morgan fingerprint density at radius 1 is 1.18 bits per heavy atom. The molecule has 0 bridgehead atoms. The monoisotopic (exact) mass is 377 g/mol. The van der Waals surface area contributed by atoms with Gasteiger partial charge in [0, 0.05) is 29.4 Å². The minimum absolute atomic E-state index is 0.250. The molecule has 0 saturated carbocycles. The Labute approximate surface area is 165 Å². The maximum Gasteiger partial charge on any atom is 0.151 e. The fourth-order valence-corrected chi connectivity index (χ4v) is 2.75. The summed E-state index contributed by atoms with van der Waals surface area (Å²) in [6.07, 6.45) is 3.48. The highest BCUT2D eigenvalue weighted by Crippen LogP contribution is 2.21. The molecule has 3 aromatic rings. The lowest BCUT2D eigenvalue weighted by molar-refractivity contribution is 0.310. The van der Waals surface area contributed by atoms with Crippen LogP contribution in [0.2, 0.25) is 0 Å². The Morgan fingerprint density at radius 2 is 2.00 bits per heavy atom. The van der Waals surface area contributed by atoms with Crippen molar-refractivity contribution in [3.8, 4) is 11.3 Å². The smallest absolute Gasteiger partial charge is 0.151 e. The predicted molar refractivity (Wildman–Crippen MR) is 111 cm³/mol. The van der Waals surface area contributed by atoms with Gasteiger partial charge >= 0.3 is 0 Å². The Bertz CT molecular complexity index is 975. The molecule has 0 saturated heterocycles. The van der Waals surface area contributed by atoms with Crippen LogP contribution < -0.4 is 5.32 Å². The van der Waals surface area contributed by atoms with E-state index in [1.54, 1.807) is 30.4 Å². The lowest BCUT2D eigenvalue weighted by atomic mass is 10.1. The molecule has 0 aliphatic carbocycles. The molecule has 5 heteroatoms. The molecule has 0 atom stereocenters. The van der Waals surface area contributed by atoms with E-state index in [0.717, 1.165) is 22.6 Å². The van der Waals surface area contributed by atoms with Gasteiger partial charge in [-0.3, -0.25) is 0 Å². The van der Waals surface area contributed by atoms with Gasteiger partial charge in [-0.2, -0.15) is 0 Å². The molecule has 0 spiro atoms. The van der Waals surface area contributed by atoms with Crippen LogP contribution >= 0.6 is 0 Å². The lowest BCUT2D eigenvalue weighted by Gasteiger charge is -2.07. The van der Waals surface area contributed by atoms with Crippen LogP contribution in [0.1, 0.15) is 16.9 Å². The second kappa shape index (κ2) is 9.15. The number of nitrogens with one attached hydrogen (secondary N) is 1. The summed E-state index contributed by atoms with van der Waals surface area (Å²) in [7, 11) is 3.98. The highest BCUT2D eigenvalue weighted by Gasteiger charge is 2.08. The van der Waals surface area contributed by atoms with Gasteiger partial charge in [0.05, 0.1) is 6.54 Å². The second-order valence-electron chi connectivity index (χ2n) is 6.85. The summed E-state index contributed by atoms with van der Waals surface area (Å²) in [4.78, 5) is 2.03. The van der Waals surface area contributed by atoms with Crippen LogP contribution in [0.4, 0.5) is 4.39 Å². The van der Waals surface area contributed by atoms with Crippen molar-refractivity contribution < 1.29 is 8.91 Å². The molecule has 28 heavy (non-hydrogen) atoms. The zero-order valence-electron chi connectivity index (χ0n) is 16.2. The van der Waals surface area contributed by atoms with Crippen molar-refractivity contribution >= 4 is 6.08 Å². The highest BCUT2D eigenvalue weighted by atomic mass is 19.1. The van der Waals surface area contributed by atoms with E-state index >= 15 is 0 Å². The van der Waals surface area contributed by atoms with Gasteiger partial charge in [-0.1, -0.05) is 54.2 Å². The topological polar surface area (TPSA) is 41.3 Å². The van der Waals surface area contributed by atoms with E-state index in [-0.39, 0.29) is 5.82 Å². The van der Waals surface area contributed by atoms with Gasteiger partial charge < -0.3 is 14.7 Å². The van der Waals surface area contributed by atoms with Gasteiger partial charge in [0.1, 0.15) is 11.5 Å². The molecule has 0 radical (unpaired) electrons. The van der Waals surface area contributed by atoms with E-state index in [4.69, 9.17) is 4.52 Å². The Morgan fingerprint density at radius 3 is 2.79 bits per heavy atom. The van der Waals surface area contributed by atoms with Crippen LogP contribution in [0.15, 0.2) is 77.5 Å². The van der Waals surface area contributed by atoms with E-state index in [0.29, 0.717) is 24.4 Å². The van der Waals surface area contributed by atoms with Crippen LogP contribution in [0.3, 0.4) is 0 Å². The fourth-order valence-electron chi connectivity index (χ4n) is 2.75. The molecule has 1 aromatic heterocycles. The third-order valence-corrected chi connectivity index (χ3v) is 4.14. The lowest BCUT2D eigenvalue weighted by Crippen LogP contribution is -2.10. The summed E-state index contributed by atoms with van der Waals surface area (Å²) in [5.41, 5.74) is 4.16. The minimum atomic E-state index is -0.250. The largest absolute Gasteiger partial charge is 0.381 e. The first-order valence-electron chi connectivity index (χ1n) is 9.06. The normalized spacial score (nSPS) is 11.3. The number of hydrogen-bond acceptors (Lipinski definition) is 4.